The monoisotopic (exact) mass is 340 g/mol. The number of hydrogen-bond acceptors (Lipinski definition) is 7. The Kier molecular flexibility index (Phi) is 4.35. The Hall–Kier alpha value is -2.57. The van der Waals surface area contributed by atoms with Gasteiger partial charge in [-0.15, -0.1) is 11.3 Å². The molecule has 2 heterocycles. The van der Waals surface area contributed by atoms with Crippen molar-refractivity contribution < 1.29 is 8.42 Å². The topological polar surface area (TPSA) is 189 Å². The summed E-state index contributed by atoms with van der Waals surface area (Å²) in [6.07, 6.45) is 1.07. The Morgan fingerprint density at radius 3 is 2.64 bits per heavy atom. The van der Waals surface area contributed by atoms with E-state index in [1.165, 1.54) is 17.4 Å². The summed E-state index contributed by atoms with van der Waals surface area (Å²) in [6.45, 7) is 0. The summed E-state index contributed by atoms with van der Waals surface area (Å²) in [6, 6.07) is 3.04. The number of anilines is 1. The van der Waals surface area contributed by atoms with Crippen LogP contribution in [0.4, 0.5) is 10.9 Å². The minimum Gasteiger partial charge on any atom is -0.384 e. The zero-order chi connectivity index (χ0) is 16.3. The zero-order valence-corrected chi connectivity index (χ0v) is 12.7. The molecule has 0 saturated heterocycles. The molecule has 12 heteroatoms. The second-order valence-electron chi connectivity index (χ2n) is 3.98. The first-order chi connectivity index (χ1) is 10.2. The average molecular weight is 340 g/mol. The molecule has 0 aromatic carbocycles. The van der Waals surface area contributed by atoms with Gasteiger partial charge in [0.25, 0.3) is 0 Å². The lowest BCUT2D eigenvalue weighted by Gasteiger charge is -2.02. The lowest BCUT2D eigenvalue weighted by molar-refractivity contribution is 0.600. The summed E-state index contributed by atoms with van der Waals surface area (Å²) in [5.74, 6) is 0.108. The Morgan fingerprint density at radius 2 is 2.00 bits per heavy atom. The molecule has 0 aliphatic carbocycles. The van der Waals surface area contributed by atoms with E-state index < -0.39 is 10.2 Å². The fourth-order valence-corrected chi connectivity index (χ4v) is 2.41. The van der Waals surface area contributed by atoms with E-state index in [1.807, 2.05) is 0 Å². The van der Waals surface area contributed by atoms with Gasteiger partial charge in [-0.25, -0.2) is 15.1 Å². The van der Waals surface area contributed by atoms with E-state index in [2.05, 4.69) is 19.4 Å². The maximum Gasteiger partial charge on any atom is 0.317 e. The summed E-state index contributed by atoms with van der Waals surface area (Å²) in [7, 11) is -4.00. The van der Waals surface area contributed by atoms with Gasteiger partial charge < -0.3 is 17.2 Å². The summed E-state index contributed by atoms with van der Waals surface area (Å²) in [4.78, 5) is 12.1. The smallest absolute Gasteiger partial charge is 0.317 e. The highest BCUT2D eigenvalue weighted by Crippen LogP contribution is 2.27. The van der Waals surface area contributed by atoms with Gasteiger partial charge in [-0.05, 0) is 12.1 Å². The first-order valence-corrected chi connectivity index (χ1v) is 8.03. The Bertz CT molecular complexity index is 852. The van der Waals surface area contributed by atoms with Crippen molar-refractivity contribution in [2.24, 2.45) is 26.0 Å². The van der Waals surface area contributed by atoms with Gasteiger partial charge >= 0.3 is 10.2 Å². The van der Waals surface area contributed by atoms with Crippen molar-refractivity contribution in [2.75, 3.05) is 5.73 Å². The molecule has 2 aromatic heterocycles. The van der Waals surface area contributed by atoms with Crippen molar-refractivity contribution in [2.45, 2.75) is 0 Å². The van der Waals surface area contributed by atoms with Crippen LogP contribution in [-0.4, -0.2) is 30.6 Å². The lowest BCUT2D eigenvalue weighted by atomic mass is 10.1. The normalized spacial score (nSPS) is 11.7. The summed E-state index contributed by atoms with van der Waals surface area (Å²) >= 11 is 1.18. The summed E-state index contributed by atoms with van der Waals surface area (Å²) in [5.41, 5.74) is 17.3. The number of aliphatic imine (C=N–C) groups is 1. The fourth-order valence-electron chi connectivity index (χ4n) is 1.46. The van der Waals surface area contributed by atoms with E-state index in [0.717, 1.165) is 6.21 Å². The highest BCUT2D eigenvalue weighted by molar-refractivity contribution is 7.87. The van der Waals surface area contributed by atoms with Crippen molar-refractivity contribution in [1.82, 2.24) is 9.97 Å². The number of guanidine groups is 1. The molecule has 2 aromatic rings. The number of rotatable bonds is 4. The Morgan fingerprint density at radius 1 is 1.27 bits per heavy atom. The Balaban J connectivity index is 2.50. The molecule has 0 aliphatic rings. The van der Waals surface area contributed by atoms with Crippen molar-refractivity contribution in [3.8, 4) is 11.4 Å². The quantitative estimate of drug-likeness (QED) is 0.418. The van der Waals surface area contributed by atoms with E-state index in [0.29, 0.717) is 22.1 Å². The van der Waals surface area contributed by atoms with Crippen molar-refractivity contribution in [3.05, 3.63) is 23.1 Å². The third kappa shape index (κ3) is 4.21. The molecule has 0 saturated carbocycles. The van der Waals surface area contributed by atoms with Gasteiger partial charge in [0.2, 0.25) is 5.13 Å². The molecule has 0 fully saturated rings. The number of nitrogens with zero attached hydrogens (tertiary/aromatic N) is 4. The average Bonchev–Trinajstić information content (AvgIpc) is 2.83. The highest BCUT2D eigenvalue weighted by atomic mass is 32.2. The second kappa shape index (κ2) is 6.05. The number of aromatic nitrogens is 2. The maximum absolute atomic E-state index is 10.9. The largest absolute Gasteiger partial charge is 0.384 e. The number of hydrogen-bond donors (Lipinski definition) is 4. The lowest BCUT2D eigenvalue weighted by Crippen LogP contribution is -2.21. The van der Waals surface area contributed by atoms with Crippen molar-refractivity contribution in [3.63, 3.8) is 0 Å². The van der Waals surface area contributed by atoms with Gasteiger partial charge in [0.15, 0.2) is 5.96 Å². The van der Waals surface area contributed by atoms with Gasteiger partial charge in [-0.2, -0.15) is 17.8 Å². The minimum absolute atomic E-state index is 0.127. The minimum atomic E-state index is -4.00. The number of nitrogens with two attached hydrogens (primary N) is 4. The van der Waals surface area contributed by atoms with Gasteiger partial charge in [-0.1, -0.05) is 0 Å². The Labute approximate surface area is 129 Å². The van der Waals surface area contributed by atoms with Crippen LogP contribution < -0.4 is 22.3 Å². The van der Waals surface area contributed by atoms with E-state index in [9.17, 15) is 8.42 Å². The van der Waals surface area contributed by atoms with Crippen molar-refractivity contribution in [1.29, 1.82) is 0 Å². The van der Waals surface area contributed by atoms with Gasteiger partial charge in [0.1, 0.15) is 17.2 Å². The molecule has 22 heavy (non-hydrogen) atoms. The number of pyridine rings is 1. The third-order valence-electron chi connectivity index (χ3n) is 2.25. The van der Waals surface area contributed by atoms with Crippen LogP contribution in [0.1, 0.15) is 5.56 Å². The summed E-state index contributed by atoms with van der Waals surface area (Å²) in [5, 5.41) is 6.81. The standard InChI is InChI=1S/C10H12N8O2S2/c11-7-2-1-5(3-15-22(14,19)20)8(17-7)6-4-21-10(16-6)18-9(12)13/h1-4H,(H2,11,17)(H2,14,19,20)(H4,12,13,16,18). The maximum atomic E-state index is 10.9. The van der Waals surface area contributed by atoms with Crippen LogP contribution in [0.25, 0.3) is 11.4 Å². The van der Waals surface area contributed by atoms with Gasteiger partial charge in [-0.3, -0.25) is 0 Å². The third-order valence-corrected chi connectivity index (χ3v) is 3.38. The molecule has 0 spiro atoms. The molecule has 2 rings (SSSR count). The first kappa shape index (κ1) is 15.8. The van der Waals surface area contributed by atoms with E-state index in [-0.39, 0.29) is 11.8 Å². The molecule has 8 N–H and O–H groups in total. The molecule has 0 unspecified atom stereocenters. The zero-order valence-electron chi connectivity index (χ0n) is 11.0. The predicted molar refractivity (Wildman–Crippen MR) is 85.9 cm³/mol. The highest BCUT2D eigenvalue weighted by Gasteiger charge is 2.11. The van der Waals surface area contributed by atoms with Crippen LogP contribution in [0.15, 0.2) is 26.9 Å². The first-order valence-electron chi connectivity index (χ1n) is 5.65. The fraction of sp³-hybridized carbons (Fsp3) is 0. The molecule has 10 nitrogen and oxygen atoms in total. The second-order valence-corrected chi connectivity index (χ2v) is 6.05. The molecule has 0 aliphatic heterocycles. The van der Waals surface area contributed by atoms with Crippen LogP contribution in [0.2, 0.25) is 0 Å². The molecule has 0 atom stereocenters. The molecule has 0 radical (unpaired) electrons. The molecule has 0 amide bonds. The van der Waals surface area contributed by atoms with Crippen LogP contribution in [0, 0.1) is 0 Å². The summed E-state index contributed by atoms with van der Waals surface area (Å²) < 4.78 is 25.1. The molecule has 116 valence electrons. The van der Waals surface area contributed by atoms with E-state index >= 15 is 0 Å². The predicted octanol–water partition coefficient (Wildman–Crippen LogP) is -0.685. The molecule has 0 bridgehead atoms. The van der Waals surface area contributed by atoms with Crippen LogP contribution in [0.3, 0.4) is 0 Å². The van der Waals surface area contributed by atoms with Crippen LogP contribution >= 0.6 is 11.3 Å². The van der Waals surface area contributed by atoms with Crippen LogP contribution in [-0.2, 0) is 10.2 Å². The van der Waals surface area contributed by atoms with Crippen molar-refractivity contribution >= 4 is 44.7 Å². The van der Waals surface area contributed by atoms with Gasteiger partial charge in [0.05, 0.1) is 6.21 Å². The van der Waals surface area contributed by atoms with E-state index in [1.54, 1.807) is 11.4 Å². The van der Waals surface area contributed by atoms with Crippen LogP contribution in [0.5, 0.6) is 0 Å². The van der Waals surface area contributed by atoms with E-state index in [4.69, 9.17) is 22.3 Å². The number of thiazole rings is 1. The SMILES string of the molecule is NC(N)=Nc1nc(-c2nc(N)ccc2C=NS(N)(=O)=O)cs1. The molecular weight excluding hydrogens is 328 g/mol. The molecular formula is C10H12N8O2S2. The van der Waals surface area contributed by atoms with Gasteiger partial charge in [0, 0.05) is 10.9 Å². The number of nitrogen functional groups attached to an aromatic ring is 1.